The Morgan fingerprint density at radius 3 is 2.80 bits per heavy atom. The normalized spacial score (nSPS) is 12.2. The number of aryl methyl sites for hydroxylation is 1. The summed E-state index contributed by atoms with van der Waals surface area (Å²) in [5, 5.41) is 7.29. The lowest BCUT2D eigenvalue weighted by atomic mass is 10.3. The van der Waals surface area contributed by atoms with Gasteiger partial charge in [0.25, 0.3) is 0 Å². The molecule has 15 heavy (non-hydrogen) atoms. The predicted molar refractivity (Wildman–Crippen MR) is 58.2 cm³/mol. The van der Waals surface area contributed by atoms with Crippen LogP contribution < -0.4 is 10.5 Å². The molecule has 0 radical (unpaired) electrons. The minimum atomic E-state index is -0.0745. The van der Waals surface area contributed by atoms with Gasteiger partial charge < -0.3 is 10.5 Å². The number of nitrogens with zero attached hydrogens (tertiary/aromatic N) is 2. The zero-order chi connectivity index (χ0) is 11.4. The fourth-order valence-electron chi connectivity index (χ4n) is 0.995. The Bertz CT molecular complexity index is 364. The van der Waals surface area contributed by atoms with E-state index in [9.17, 15) is 0 Å². The van der Waals surface area contributed by atoms with E-state index in [1.165, 1.54) is 0 Å². The summed E-state index contributed by atoms with van der Waals surface area (Å²) in [4.78, 5) is 8.16. The van der Waals surface area contributed by atoms with Crippen LogP contribution in [0.5, 0.6) is 6.01 Å². The standard InChI is InChI=1S/C10H16N4O/c1-4-7(3)15-10-13-6(2)5-8(14-10)9(11)12/h5,7H,4H2,1-3H3,(H3,11,12). The number of rotatable bonds is 4. The number of amidine groups is 1. The van der Waals surface area contributed by atoms with Crippen molar-refractivity contribution in [1.82, 2.24) is 9.97 Å². The second kappa shape index (κ2) is 4.72. The van der Waals surface area contributed by atoms with Gasteiger partial charge in [0.2, 0.25) is 0 Å². The van der Waals surface area contributed by atoms with E-state index in [1.54, 1.807) is 6.07 Å². The van der Waals surface area contributed by atoms with Crippen LogP contribution in [0.3, 0.4) is 0 Å². The highest BCUT2D eigenvalue weighted by Crippen LogP contribution is 2.09. The molecule has 1 rings (SSSR count). The van der Waals surface area contributed by atoms with Gasteiger partial charge in [-0.3, -0.25) is 5.41 Å². The van der Waals surface area contributed by atoms with Gasteiger partial charge >= 0.3 is 6.01 Å². The lowest BCUT2D eigenvalue weighted by molar-refractivity contribution is 0.198. The Morgan fingerprint density at radius 1 is 1.60 bits per heavy atom. The molecule has 0 aliphatic carbocycles. The van der Waals surface area contributed by atoms with E-state index < -0.39 is 0 Å². The summed E-state index contributed by atoms with van der Waals surface area (Å²) in [6, 6.07) is 1.95. The van der Waals surface area contributed by atoms with E-state index in [4.69, 9.17) is 15.9 Å². The Balaban J connectivity index is 2.93. The van der Waals surface area contributed by atoms with Gasteiger partial charge in [-0.2, -0.15) is 4.98 Å². The topological polar surface area (TPSA) is 84.9 Å². The van der Waals surface area contributed by atoms with Crippen LogP contribution in [-0.2, 0) is 0 Å². The maximum absolute atomic E-state index is 7.29. The third-order valence-electron chi connectivity index (χ3n) is 1.99. The first-order valence-electron chi connectivity index (χ1n) is 4.89. The summed E-state index contributed by atoms with van der Waals surface area (Å²) < 4.78 is 5.46. The highest BCUT2D eigenvalue weighted by atomic mass is 16.5. The van der Waals surface area contributed by atoms with Gasteiger partial charge in [-0.25, -0.2) is 4.98 Å². The molecule has 0 aromatic carbocycles. The smallest absolute Gasteiger partial charge is 0.317 e. The molecule has 1 unspecified atom stereocenters. The van der Waals surface area contributed by atoms with Crippen molar-refractivity contribution in [2.45, 2.75) is 33.3 Å². The first kappa shape index (κ1) is 11.4. The summed E-state index contributed by atoms with van der Waals surface area (Å²) in [7, 11) is 0. The van der Waals surface area contributed by atoms with Gasteiger partial charge in [0.1, 0.15) is 11.5 Å². The summed E-state index contributed by atoms with van der Waals surface area (Å²) in [6.45, 7) is 5.78. The minimum Gasteiger partial charge on any atom is -0.460 e. The van der Waals surface area contributed by atoms with Gasteiger partial charge in [-0.05, 0) is 26.3 Å². The van der Waals surface area contributed by atoms with Crippen molar-refractivity contribution in [2.75, 3.05) is 0 Å². The number of ether oxygens (including phenoxy) is 1. The van der Waals surface area contributed by atoms with Crippen LogP contribution >= 0.6 is 0 Å². The molecule has 0 spiro atoms. The number of nitrogens with two attached hydrogens (primary N) is 1. The maximum atomic E-state index is 7.29. The van der Waals surface area contributed by atoms with Crippen molar-refractivity contribution in [1.29, 1.82) is 5.41 Å². The molecule has 1 atom stereocenters. The van der Waals surface area contributed by atoms with Gasteiger partial charge in [-0.15, -0.1) is 0 Å². The molecular formula is C10H16N4O. The van der Waals surface area contributed by atoms with Crippen LogP contribution in [0.1, 0.15) is 31.7 Å². The Kier molecular flexibility index (Phi) is 3.60. The van der Waals surface area contributed by atoms with Gasteiger partial charge in [-0.1, -0.05) is 6.92 Å². The zero-order valence-electron chi connectivity index (χ0n) is 9.24. The summed E-state index contributed by atoms with van der Waals surface area (Å²) in [5.41, 5.74) is 6.50. The van der Waals surface area contributed by atoms with Gasteiger partial charge in [0.05, 0.1) is 6.10 Å². The van der Waals surface area contributed by atoms with E-state index in [2.05, 4.69) is 9.97 Å². The number of aromatic nitrogens is 2. The van der Waals surface area contributed by atoms with E-state index in [1.807, 2.05) is 20.8 Å². The molecule has 0 aliphatic heterocycles. The maximum Gasteiger partial charge on any atom is 0.317 e. The van der Waals surface area contributed by atoms with Crippen molar-refractivity contribution >= 4 is 5.84 Å². The molecule has 0 bridgehead atoms. The Morgan fingerprint density at radius 2 is 2.27 bits per heavy atom. The van der Waals surface area contributed by atoms with Gasteiger partial charge in [0, 0.05) is 5.69 Å². The molecule has 0 fully saturated rings. The fraction of sp³-hybridized carbons (Fsp3) is 0.500. The van der Waals surface area contributed by atoms with Crippen molar-refractivity contribution < 1.29 is 4.74 Å². The van der Waals surface area contributed by atoms with Crippen LogP contribution in [0.15, 0.2) is 6.07 Å². The second-order valence-corrected chi connectivity index (χ2v) is 3.43. The average Bonchev–Trinajstić information content (AvgIpc) is 2.16. The summed E-state index contributed by atoms with van der Waals surface area (Å²) in [5.74, 6) is -0.0745. The monoisotopic (exact) mass is 208 g/mol. The molecule has 0 saturated heterocycles. The number of hydrogen-bond acceptors (Lipinski definition) is 4. The highest BCUT2D eigenvalue weighted by Gasteiger charge is 2.08. The number of hydrogen-bond donors (Lipinski definition) is 2. The molecule has 3 N–H and O–H groups in total. The highest BCUT2D eigenvalue weighted by molar-refractivity contribution is 5.93. The average molecular weight is 208 g/mol. The zero-order valence-corrected chi connectivity index (χ0v) is 9.24. The van der Waals surface area contributed by atoms with E-state index >= 15 is 0 Å². The molecule has 0 amide bonds. The largest absolute Gasteiger partial charge is 0.460 e. The molecule has 82 valence electrons. The number of nitrogens with one attached hydrogen (secondary N) is 1. The first-order valence-corrected chi connectivity index (χ1v) is 4.89. The summed E-state index contributed by atoms with van der Waals surface area (Å²) >= 11 is 0. The molecule has 0 aliphatic rings. The second-order valence-electron chi connectivity index (χ2n) is 3.43. The van der Waals surface area contributed by atoms with E-state index in [0.29, 0.717) is 5.69 Å². The molecule has 0 saturated carbocycles. The molecule has 5 heteroatoms. The lowest BCUT2D eigenvalue weighted by Gasteiger charge is -2.11. The number of nitrogen functional groups attached to an aromatic ring is 1. The third kappa shape index (κ3) is 3.19. The van der Waals surface area contributed by atoms with Crippen molar-refractivity contribution in [3.63, 3.8) is 0 Å². The Hall–Kier alpha value is -1.65. The third-order valence-corrected chi connectivity index (χ3v) is 1.99. The molecule has 1 aromatic rings. The van der Waals surface area contributed by atoms with Crippen LogP contribution in [0, 0.1) is 12.3 Å². The van der Waals surface area contributed by atoms with E-state index in [-0.39, 0.29) is 18.0 Å². The van der Waals surface area contributed by atoms with Crippen molar-refractivity contribution in [3.05, 3.63) is 17.5 Å². The van der Waals surface area contributed by atoms with Crippen LogP contribution in [0.4, 0.5) is 0 Å². The lowest BCUT2D eigenvalue weighted by Crippen LogP contribution is -2.17. The predicted octanol–water partition coefficient (Wildman–Crippen LogP) is 1.25. The minimum absolute atomic E-state index is 0.0617. The molecule has 1 aromatic heterocycles. The molecule has 5 nitrogen and oxygen atoms in total. The molecule has 1 heterocycles. The van der Waals surface area contributed by atoms with Crippen molar-refractivity contribution in [3.8, 4) is 6.01 Å². The van der Waals surface area contributed by atoms with Crippen LogP contribution in [0.25, 0.3) is 0 Å². The fourth-order valence-corrected chi connectivity index (χ4v) is 0.995. The first-order chi connectivity index (χ1) is 7.02. The quantitative estimate of drug-likeness (QED) is 0.576. The van der Waals surface area contributed by atoms with E-state index in [0.717, 1.165) is 12.1 Å². The van der Waals surface area contributed by atoms with Gasteiger partial charge in [0.15, 0.2) is 0 Å². The van der Waals surface area contributed by atoms with Crippen LogP contribution in [0.2, 0.25) is 0 Å². The molecular weight excluding hydrogens is 192 g/mol. The van der Waals surface area contributed by atoms with Crippen molar-refractivity contribution in [2.24, 2.45) is 5.73 Å². The Labute approximate surface area is 89.2 Å². The van der Waals surface area contributed by atoms with Crippen LogP contribution in [-0.4, -0.2) is 21.9 Å². The SMILES string of the molecule is CCC(C)Oc1nc(C)cc(C(=N)N)n1. The summed E-state index contributed by atoms with van der Waals surface area (Å²) in [6.07, 6.45) is 0.943.